The Morgan fingerprint density at radius 1 is 1.17 bits per heavy atom. The van der Waals surface area contributed by atoms with Crippen molar-refractivity contribution in [3.05, 3.63) is 0 Å². The fourth-order valence-corrected chi connectivity index (χ4v) is 3.33. The number of morpholine rings is 1. The summed E-state index contributed by atoms with van der Waals surface area (Å²) in [6.07, 6.45) is 3.33. The van der Waals surface area contributed by atoms with Crippen molar-refractivity contribution in [2.75, 3.05) is 39.5 Å². The number of ether oxygens (including phenoxy) is 2. The van der Waals surface area contributed by atoms with E-state index >= 15 is 0 Å². The third-order valence-electron chi connectivity index (χ3n) is 4.94. The summed E-state index contributed by atoms with van der Waals surface area (Å²) in [4.78, 5) is 2.54. The van der Waals surface area contributed by atoms with E-state index in [4.69, 9.17) is 15.2 Å². The van der Waals surface area contributed by atoms with E-state index in [1.165, 1.54) is 0 Å². The Balaban J connectivity index is 2.03. The third kappa shape index (κ3) is 2.87. The second-order valence-electron chi connectivity index (χ2n) is 5.79. The summed E-state index contributed by atoms with van der Waals surface area (Å²) in [6.45, 7) is 10.1. The molecule has 2 unspecified atom stereocenters. The molecule has 18 heavy (non-hydrogen) atoms. The molecule has 0 bridgehead atoms. The van der Waals surface area contributed by atoms with Gasteiger partial charge in [-0.25, -0.2) is 0 Å². The normalized spacial score (nSPS) is 28.8. The highest BCUT2D eigenvalue weighted by molar-refractivity contribution is 4.98. The highest BCUT2D eigenvalue weighted by Gasteiger charge is 2.40. The maximum atomic E-state index is 6.63. The van der Waals surface area contributed by atoms with E-state index in [1.807, 2.05) is 0 Å². The fourth-order valence-electron chi connectivity index (χ4n) is 3.33. The van der Waals surface area contributed by atoms with E-state index in [9.17, 15) is 0 Å². The summed E-state index contributed by atoms with van der Waals surface area (Å²) >= 11 is 0. The van der Waals surface area contributed by atoms with Crippen molar-refractivity contribution in [3.8, 4) is 0 Å². The Morgan fingerprint density at radius 2 is 1.72 bits per heavy atom. The van der Waals surface area contributed by atoms with E-state index in [0.29, 0.717) is 5.92 Å². The van der Waals surface area contributed by atoms with Gasteiger partial charge in [-0.3, -0.25) is 4.90 Å². The molecule has 0 saturated carbocycles. The number of hydrogen-bond donors (Lipinski definition) is 1. The fraction of sp³-hybridized carbons (Fsp3) is 1.00. The van der Waals surface area contributed by atoms with Gasteiger partial charge in [-0.15, -0.1) is 0 Å². The minimum absolute atomic E-state index is 0.103. The number of nitrogens with zero attached hydrogens (tertiary/aromatic N) is 1. The van der Waals surface area contributed by atoms with Crippen LogP contribution in [-0.4, -0.2) is 56.0 Å². The van der Waals surface area contributed by atoms with Crippen LogP contribution in [0.4, 0.5) is 0 Å². The molecule has 2 heterocycles. The maximum absolute atomic E-state index is 6.63. The molecule has 0 spiro atoms. The summed E-state index contributed by atoms with van der Waals surface area (Å²) in [5.74, 6) is 0.603. The Bertz CT molecular complexity index is 250. The second kappa shape index (κ2) is 6.33. The predicted octanol–water partition coefficient (Wildman–Crippen LogP) is 1.24. The quantitative estimate of drug-likeness (QED) is 0.822. The molecule has 0 aromatic rings. The lowest BCUT2D eigenvalue weighted by atomic mass is 9.77. The highest BCUT2D eigenvalue weighted by atomic mass is 16.5. The van der Waals surface area contributed by atoms with E-state index in [0.717, 1.165) is 58.8 Å². The van der Waals surface area contributed by atoms with Gasteiger partial charge in [0.2, 0.25) is 0 Å². The van der Waals surface area contributed by atoms with Crippen molar-refractivity contribution >= 4 is 0 Å². The molecular weight excluding hydrogens is 228 g/mol. The predicted molar refractivity (Wildman–Crippen MR) is 72.6 cm³/mol. The first kappa shape index (κ1) is 14.3. The average Bonchev–Trinajstić information content (AvgIpc) is 2.47. The molecule has 2 N–H and O–H groups in total. The van der Waals surface area contributed by atoms with Gasteiger partial charge in [0.25, 0.3) is 0 Å². The van der Waals surface area contributed by atoms with Gasteiger partial charge in [0.15, 0.2) is 0 Å². The van der Waals surface area contributed by atoms with Gasteiger partial charge in [0.1, 0.15) is 0 Å². The van der Waals surface area contributed by atoms with Gasteiger partial charge in [-0.05, 0) is 32.1 Å². The van der Waals surface area contributed by atoms with Crippen LogP contribution in [0.5, 0.6) is 0 Å². The second-order valence-corrected chi connectivity index (χ2v) is 5.79. The van der Waals surface area contributed by atoms with Crippen LogP contribution in [0.25, 0.3) is 0 Å². The van der Waals surface area contributed by atoms with Crippen LogP contribution in [0, 0.1) is 5.92 Å². The van der Waals surface area contributed by atoms with Crippen LogP contribution in [0.1, 0.15) is 33.1 Å². The summed E-state index contributed by atoms with van der Waals surface area (Å²) in [5, 5.41) is 0. The molecule has 106 valence electrons. The lowest BCUT2D eigenvalue weighted by Gasteiger charge is -2.49. The Kier molecular flexibility index (Phi) is 5.01. The molecule has 2 rings (SSSR count). The number of hydrogen-bond acceptors (Lipinski definition) is 4. The molecule has 0 radical (unpaired) electrons. The molecule has 2 aliphatic heterocycles. The van der Waals surface area contributed by atoms with Gasteiger partial charge in [-0.2, -0.15) is 0 Å². The summed E-state index contributed by atoms with van der Waals surface area (Å²) in [5.41, 5.74) is 6.73. The maximum Gasteiger partial charge on any atom is 0.0594 e. The summed E-state index contributed by atoms with van der Waals surface area (Å²) < 4.78 is 10.9. The lowest BCUT2D eigenvalue weighted by molar-refractivity contribution is -0.0449. The number of rotatable bonds is 4. The van der Waals surface area contributed by atoms with Crippen LogP contribution in [0.15, 0.2) is 0 Å². The molecule has 0 aromatic heterocycles. The first-order valence-electron chi connectivity index (χ1n) is 7.34. The topological polar surface area (TPSA) is 47.7 Å². The molecule has 2 atom stereocenters. The van der Waals surface area contributed by atoms with E-state index in [-0.39, 0.29) is 11.6 Å². The lowest BCUT2D eigenvalue weighted by Crippen LogP contribution is -2.63. The van der Waals surface area contributed by atoms with Crippen molar-refractivity contribution in [2.45, 2.75) is 44.7 Å². The Morgan fingerprint density at radius 3 is 2.28 bits per heavy atom. The van der Waals surface area contributed by atoms with Gasteiger partial charge in [0.05, 0.1) is 13.2 Å². The van der Waals surface area contributed by atoms with Crippen LogP contribution in [0.3, 0.4) is 0 Å². The van der Waals surface area contributed by atoms with E-state index < -0.39 is 0 Å². The smallest absolute Gasteiger partial charge is 0.0594 e. The third-order valence-corrected chi connectivity index (χ3v) is 4.94. The van der Waals surface area contributed by atoms with Gasteiger partial charge < -0.3 is 15.2 Å². The summed E-state index contributed by atoms with van der Waals surface area (Å²) in [6, 6.07) is 0.240. The molecule has 4 heteroatoms. The molecule has 2 aliphatic rings. The van der Waals surface area contributed by atoms with Crippen molar-refractivity contribution in [1.29, 1.82) is 0 Å². The molecule has 2 saturated heterocycles. The van der Waals surface area contributed by atoms with Gasteiger partial charge in [-0.1, -0.05) is 6.92 Å². The zero-order chi connectivity index (χ0) is 13.0. The Hall–Kier alpha value is -0.160. The molecule has 2 fully saturated rings. The zero-order valence-corrected chi connectivity index (χ0v) is 11.9. The SMILES string of the molecule is CCC(C)(C(N)C1CCOCC1)N1CCOCC1. The van der Waals surface area contributed by atoms with Gasteiger partial charge >= 0.3 is 0 Å². The zero-order valence-electron chi connectivity index (χ0n) is 11.9. The molecule has 0 amide bonds. The van der Waals surface area contributed by atoms with Crippen molar-refractivity contribution < 1.29 is 9.47 Å². The van der Waals surface area contributed by atoms with Crippen LogP contribution < -0.4 is 5.73 Å². The van der Waals surface area contributed by atoms with E-state index in [1.54, 1.807) is 0 Å². The average molecular weight is 256 g/mol. The van der Waals surface area contributed by atoms with Crippen LogP contribution >= 0.6 is 0 Å². The van der Waals surface area contributed by atoms with Crippen LogP contribution in [0.2, 0.25) is 0 Å². The molecule has 0 aromatic carbocycles. The molecule has 4 nitrogen and oxygen atoms in total. The van der Waals surface area contributed by atoms with E-state index in [2.05, 4.69) is 18.7 Å². The van der Waals surface area contributed by atoms with Crippen molar-refractivity contribution in [1.82, 2.24) is 4.90 Å². The monoisotopic (exact) mass is 256 g/mol. The number of nitrogens with two attached hydrogens (primary N) is 1. The minimum Gasteiger partial charge on any atom is -0.381 e. The summed E-state index contributed by atoms with van der Waals surface area (Å²) in [7, 11) is 0. The highest BCUT2D eigenvalue weighted by Crippen LogP contribution is 2.31. The molecule has 0 aliphatic carbocycles. The minimum atomic E-state index is 0.103. The van der Waals surface area contributed by atoms with Crippen molar-refractivity contribution in [3.63, 3.8) is 0 Å². The van der Waals surface area contributed by atoms with Crippen LogP contribution in [-0.2, 0) is 9.47 Å². The molecular formula is C14H28N2O2. The largest absolute Gasteiger partial charge is 0.381 e. The van der Waals surface area contributed by atoms with Gasteiger partial charge in [0, 0.05) is 37.9 Å². The standard InChI is InChI=1S/C14H28N2O2/c1-3-14(2,16-6-10-18-11-7-16)13(15)12-4-8-17-9-5-12/h12-13H,3-11,15H2,1-2H3. The first-order chi connectivity index (χ1) is 8.68. The Labute approximate surface area is 111 Å². The van der Waals surface area contributed by atoms with Crippen molar-refractivity contribution in [2.24, 2.45) is 11.7 Å². The first-order valence-corrected chi connectivity index (χ1v) is 7.34.